The lowest BCUT2D eigenvalue weighted by Gasteiger charge is -2.32. The smallest absolute Gasteiger partial charge is 0.411 e. The summed E-state index contributed by atoms with van der Waals surface area (Å²) in [5.74, 6) is -0.454. The molecule has 0 bridgehead atoms. The molecule has 5 heteroatoms. The van der Waals surface area contributed by atoms with E-state index in [1.165, 1.54) is 11.0 Å². The molecule has 5 nitrogen and oxygen atoms in total. The fraction of sp³-hybridized carbons (Fsp3) is 0.412. The fourth-order valence-electron chi connectivity index (χ4n) is 3.51. The van der Waals surface area contributed by atoms with Crippen molar-refractivity contribution in [2.45, 2.75) is 31.4 Å². The van der Waals surface area contributed by atoms with Gasteiger partial charge in [-0.15, -0.1) is 0 Å². The first-order valence-corrected chi connectivity index (χ1v) is 7.30. The van der Waals surface area contributed by atoms with Crippen LogP contribution in [0.4, 0.5) is 4.79 Å². The Labute approximate surface area is 129 Å². The van der Waals surface area contributed by atoms with Crippen molar-refractivity contribution in [3.8, 4) is 0 Å². The molecule has 3 rings (SSSR count). The van der Waals surface area contributed by atoms with Crippen LogP contribution in [0.5, 0.6) is 0 Å². The van der Waals surface area contributed by atoms with Crippen molar-refractivity contribution in [2.24, 2.45) is 0 Å². The van der Waals surface area contributed by atoms with Crippen LogP contribution in [0.15, 0.2) is 36.9 Å². The zero-order valence-corrected chi connectivity index (χ0v) is 12.7. The molecule has 2 atom stereocenters. The normalized spacial score (nSPS) is 24.5. The standard InChI is InChI=1S/C17H19NO4/c1-4-9-21-13(19)10-18-15-14(22-16(18)20)11-7-5-6-8-12(11)17(15,2)3/h4-8,14-15H,1,9-10H2,2-3H3/t14-,15-/m1/s1. The van der Waals surface area contributed by atoms with Crippen LogP contribution in [-0.2, 0) is 19.7 Å². The van der Waals surface area contributed by atoms with Gasteiger partial charge in [0, 0.05) is 5.41 Å². The number of carbonyl (C=O) groups is 2. The first kappa shape index (κ1) is 14.6. The maximum atomic E-state index is 12.2. The van der Waals surface area contributed by atoms with Gasteiger partial charge in [0.2, 0.25) is 0 Å². The minimum Gasteiger partial charge on any atom is -0.460 e. The number of hydrogen-bond donors (Lipinski definition) is 0. The zero-order chi connectivity index (χ0) is 15.9. The van der Waals surface area contributed by atoms with Gasteiger partial charge in [0.15, 0.2) is 6.10 Å². The van der Waals surface area contributed by atoms with Crippen LogP contribution in [0.3, 0.4) is 0 Å². The van der Waals surface area contributed by atoms with Crippen molar-refractivity contribution in [3.63, 3.8) is 0 Å². The minimum absolute atomic E-state index is 0.106. The van der Waals surface area contributed by atoms with Crippen LogP contribution < -0.4 is 0 Å². The highest BCUT2D eigenvalue weighted by atomic mass is 16.6. The molecule has 1 fully saturated rings. The topological polar surface area (TPSA) is 55.8 Å². The predicted molar refractivity (Wildman–Crippen MR) is 80.3 cm³/mol. The lowest BCUT2D eigenvalue weighted by Crippen LogP contribution is -2.46. The second-order valence-corrected chi connectivity index (χ2v) is 6.16. The highest BCUT2D eigenvalue weighted by Crippen LogP contribution is 2.52. The molecular weight excluding hydrogens is 282 g/mol. The summed E-state index contributed by atoms with van der Waals surface area (Å²) < 4.78 is 10.5. The van der Waals surface area contributed by atoms with Crippen LogP contribution in [0.2, 0.25) is 0 Å². The van der Waals surface area contributed by atoms with Crippen LogP contribution >= 0.6 is 0 Å². The van der Waals surface area contributed by atoms with E-state index in [2.05, 4.69) is 26.5 Å². The molecule has 0 spiro atoms. The minimum atomic E-state index is -0.465. The molecule has 1 aliphatic heterocycles. The SMILES string of the molecule is C=CCOC(=O)CN1C(=O)O[C@@H]2c3ccccc3C(C)(C)[C@@H]21. The van der Waals surface area contributed by atoms with E-state index in [0.717, 1.165) is 11.1 Å². The van der Waals surface area contributed by atoms with E-state index in [4.69, 9.17) is 9.47 Å². The van der Waals surface area contributed by atoms with Gasteiger partial charge in [-0.05, 0) is 11.1 Å². The zero-order valence-electron chi connectivity index (χ0n) is 12.7. The molecule has 0 aromatic heterocycles. The quantitative estimate of drug-likeness (QED) is 0.633. The van der Waals surface area contributed by atoms with Gasteiger partial charge in [-0.25, -0.2) is 4.79 Å². The van der Waals surface area contributed by atoms with Crippen molar-refractivity contribution in [3.05, 3.63) is 48.0 Å². The van der Waals surface area contributed by atoms with Crippen LogP contribution in [0.25, 0.3) is 0 Å². The Kier molecular flexibility index (Phi) is 3.43. The van der Waals surface area contributed by atoms with Gasteiger partial charge in [0.05, 0.1) is 6.04 Å². The lowest BCUT2D eigenvalue weighted by molar-refractivity contribution is -0.143. The summed E-state index contributed by atoms with van der Waals surface area (Å²) >= 11 is 0. The molecule has 22 heavy (non-hydrogen) atoms. The average molecular weight is 301 g/mol. The van der Waals surface area contributed by atoms with Crippen molar-refractivity contribution in [1.29, 1.82) is 0 Å². The van der Waals surface area contributed by atoms with Gasteiger partial charge in [-0.1, -0.05) is 50.8 Å². The highest BCUT2D eigenvalue weighted by molar-refractivity contribution is 5.80. The van der Waals surface area contributed by atoms with Crippen molar-refractivity contribution in [1.82, 2.24) is 4.90 Å². The Morgan fingerprint density at radius 2 is 2.18 bits per heavy atom. The number of fused-ring (bicyclic) bond motifs is 3. The summed E-state index contributed by atoms with van der Waals surface area (Å²) in [6, 6.07) is 7.75. The highest BCUT2D eigenvalue weighted by Gasteiger charge is 2.57. The van der Waals surface area contributed by atoms with E-state index < -0.39 is 12.1 Å². The lowest BCUT2D eigenvalue weighted by atomic mass is 9.82. The molecule has 1 heterocycles. The molecule has 0 radical (unpaired) electrons. The van der Waals surface area contributed by atoms with Crippen molar-refractivity contribution >= 4 is 12.1 Å². The van der Waals surface area contributed by atoms with Gasteiger partial charge in [0.1, 0.15) is 13.2 Å². The molecule has 116 valence electrons. The number of esters is 1. The average Bonchev–Trinajstić information content (AvgIpc) is 2.92. The first-order chi connectivity index (χ1) is 10.5. The number of hydrogen-bond acceptors (Lipinski definition) is 4. The van der Waals surface area contributed by atoms with E-state index in [9.17, 15) is 9.59 Å². The molecule has 2 aliphatic rings. The van der Waals surface area contributed by atoms with Crippen molar-refractivity contribution in [2.75, 3.05) is 13.2 Å². The van der Waals surface area contributed by atoms with Gasteiger partial charge in [-0.2, -0.15) is 0 Å². The molecule has 0 N–H and O–H groups in total. The summed E-state index contributed by atoms with van der Waals surface area (Å²) in [5.41, 5.74) is 1.89. The third-order valence-electron chi connectivity index (χ3n) is 4.45. The first-order valence-electron chi connectivity index (χ1n) is 7.30. The molecule has 0 saturated carbocycles. The Morgan fingerprint density at radius 1 is 1.45 bits per heavy atom. The molecule has 1 aliphatic carbocycles. The van der Waals surface area contributed by atoms with Gasteiger partial charge >= 0.3 is 12.1 Å². The summed E-state index contributed by atoms with van der Waals surface area (Å²) in [5, 5.41) is 0. The summed E-state index contributed by atoms with van der Waals surface area (Å²) in [6.45, 7) is 7.67. The number of amides is 1. The Hall–Kier alpha value is -2.30. The van der Waals surface area contributed by atoms with E-state index >= 15 is 0 Å². The Morgan fingerprint density at radius 3 is 2.91 bits per heavy atom. The molecule has 1 aromatic rings. The number of carbonyl (C=O) groups excluding carboxylic acids is 2. The third kappa shape index (κ3) is 2.08. The van der Waals surface area contributed by atoms with Gasteiger partial charge in [-0.3, -0.25) is 9.69 Å². The van der Waals surface area contributed by atoms with Crippen molar-refractivity contribution < 1.29 is 19.1 Å². The summed E-state index contributed by atoms with van der Waals surface area (Å²) in [7, 11) is 0. The van der Waals surface area contributed by atoms with Gasteiger partial charge in [0.25, 0.3) is 0 Å². The van der Waals surface area contributed by atoms with Crippen LogP contribution in [0, 0.1) is 0 Å². The van der Waals surface area contributed by atoms with E-state index in [0.29, 0.717) is 0 Å². The maximum Gasteiger partial charge on any atom is 0.411 e. The van der Waals surface area contributed by atoms with E-state index in [-0.39, 0.29) is 30.7 Å². The molecule has 0 unspecified atom stereocenters. The number of rotatable bonds is 4. The molecule has 1 aromatic carbocycles. The second-order valence-electron chi connectivity index (χ2n) is 6.16. The largest absolute Gasteiger partial charge is 0.460 e. The molecular formula is C17H19NO4. The molecule has 1 amide bonds. The predicted octanol–water partition coefficient (Wildman–Crippen LogP) is 2.57. The van der Waals surface area contributed by atoms with E-state index in [1.54, 1.807) is 0 Å². The second kappa shape index (κ2) is 5.16. The number of ether oxygens (including phenoxy) is 2. The summed E-state index contributed by atoms with van der Waals surface area (Å²) in [4.78, 5) is 25.5. The monoisotopic (exact) mass is 301 g/mol. The Bertz CT molecular complexity index is 637. The fourth-order valence-corrected chi connectivity index (χ4v) is 3.51. The van der Waals surface area contributed by atoms with Crippen LogP contribution in [0.1, 0.15) is 31.1 Å². The Balaban J connectivity index is 1.88. The number of nitrogens with zero attached hydrogens (tertiary/aromatic N) is 1. The maximum absolute atomic E-state index is 12.2. The third-order valence-corrected chi connectivity index (χ3v) is 4.45. The van der Waals surface area contributed by atoms with E-state index in [1.807, 2.05) is 18.2 Å². The number of benzene rings is 1. The van der Waals surface area contributed by atoms with Crippen LogP contribution in [-0.4, -0.2) is 36.2 Å². The summed E-state index contributed by atoms with van der Waals surface area (Å²) in [6.07, 6.45) is 0.706. The van der Waals surface area contributed by atoms with Gasteiger partial charge < -0.3 is 9.47 Å². The molecule has 1 saturated heterocycles.